The van der Waals surface area contributed by atoms with Crippen LogP contribution in [-0.4, -0.2) is 37.6 Å². The maximum absolute atomic E-state index is 3.64. The zero-order valence-corrected chi connectivity index (χ0v) is 12.4. The molecule has 1 fully saturated rings. The van der Waals surface area contributed by atoms with Crippen molar-refractivity contribution in [3.05, 3.63) is 0 Å². The van der Waals surface area contributed by atoms with Crippen molar-refractivity contribution in [2.75, 3.05) is 32.7 Å². The van der Waals surface area contributed by atoms with Crippen molar-refractivity contribution in [1.29, 1.82) is 0 Å². The SMILES string of the molecule is CCN1CCC(CNCCCC(C)(C)C)CC1. The second-order valence-corrected chi connectivity index (χ2v) is 6.75. The minimum atomic E-state index is 0.494. The molecule has 0 spiro atoms. The van der Waals surface area contributed by atoms with Gasteiger partial charge in [-0.3, -0.25) is 0 Å². The summed E-state index contributed by atoms with van der Waals surface area (Å²) in [6.45, 7) is 15.5. The highest BCUT2D eigenvalue weighted by Crippen LogP contribution is 2.20. The first-order valence-corrected chi connectivity index (χ1v) is 7.44. The molecule has 1 saturated heterocycles. The molecule has 1 heterocycles. The van der Waals surface area contributed by atoms with Gasteiger partial charge in [-0.05, 0) is 69.7 Å². The van der Waals surface area contributed by atoms with E-state index in [9.17, 15) is 0 Å². The van der Waals surface area contributed by atoms with Crippen molar-refractivity contribution in [1.82, 2.24) is 10.2 Å². The van der Waals surface area contributed by atoms with Crippen molar-refractivity contribution < 1.29 is 0 Å². The first-order valence-electron chi connectivity index (χ1n) is 7.44. The van der Waals surface area contributed by atoms with E-state index in [1.54, 1.807) is 0 Å². The highest BCUT2D eigenvalue weighted by Gasteiger charge is 2.17. The van der Waals surface area contributed by atoms with E-state index in [0.29, 0.717) is 5.41 Å². The third kappa shape index (κ3) is 7.05. The zero-order chi connectivity index (χ0) is 12.7. The maximum atomic E-state index is 3.64. The summed E-state index contributed by atoms with van der Waals surface area (Å²) in [4.78, 5) is 2.57. The highest BCUT2D eigenvalue weighted by molar-refractivity contribution is 4.73. The highest BCUT2D eigenvalue weighted by atomic mass is 15.1. The van der Waals surface area contributed by atoms with Crippen LogP contribution in [0.2, 0.25) is 0 Å². The van der Waals surface area contributed by atoms with Crippen molar-refractivity contribution in [3.8, 4) is 0 Å². The third-order valence-corrected chi connectivity index (χ3v) is 3.87. The van der Waals surface area contributed by atoms with Crippen LogP contribution in [0.5, 0.6) is 0 Å². The molecule has 1 rings (SSSR count). The molecular formula is C15H32N2. The summed E-state index contributed by atoms with van der Waals surface area (Å²) in [6, 6.07) is 0. The van der Waals surface area contributed by atoms with E-state index in [1.807, 2.05) is 0 Å². The van der Waals surface area contributed by atoms with E-state index in [0.717, 1.165) is 5.92 Å². The Morgan fingerprint density at radius 2 is 1.82 bits per heavy atom. The predicted molar refractivity (Wildman–Crippen MR) is 76.4 cm³/mol. The van der Waals surface area contributed by atoms with Gasteiger partial charge in [0.15, 0.2) is 0 Å². The number of hydrogen-bond donors (Lipinski definition) is 1. The van der Waals surface area contributed by atoms with Gasteiger partial charge in [-0.15, -0.1) is 0 Å². The average molecular weight is 240 g/mol. The summed E-state index contributed by atoms with van der Waals surface area (Å²) in [7, 11) is 0. The standard InChI is InChI=1S/C15H32N2/c1-5-17-11-7-14(8-12-17)13-16-10-6-9-15(2,3)4/h14,16H,5-13H2,1-4H3. The summed E-state index contributed by atoms with van der Waals surface area (Å²) < 4.78 is 0. The van der Waals surface area contributed by atoms with Gasteiger partial charge in [-0.1, -0.05) is 27.7 Å². The molecule has 17 heavy (non-hydrogen) atoms. The lowest BCUT2D eigenvalue weighted by Crippen LogP contribution is -2.37. The fourth-order valence-electron chi connectivity index (χ4n) is 2.56. The second kappa shape index (κ2) is 7.38. The Kier molecular flexibility index (Phi) is 6.50. The molecule has 1 aliphatic heterocycles. The van der Waals surface area contributed by atoms with E-state index in [4.69, 9.17) is 0 Å². The first kappa shape index (κ1) is 15.0. The number of piperidine rings is 1. The molecule has 0 radical (unpaired) electrons. The molecule has 0 atom stereocenters. The van der Waals surface area contributed by atoms with Gasteiger partial charge in [0, 0.05) is 0 Å². The van der Waals surface area contributed by atoms with Crippen molar-refractivity contribution in [2.24, 2.45) is 11.3 Å². The Hall–Kier alpha value is -0.0800. The fourth-order valence-corrected chi connectivity index (χ4v) is 2.56. The lowest BCUT2D eigenvalue weighted by Gasteiger charge is -2.31. The van der Waals surface area contributed by atoms with Gasteiger partial charge in [0.05, 0.1) is 0 Å². The molecule has 1 aliphatic rings. The predicted octanol–water partition coefficient (Wildman–Crippen LogP) is 3.13. The third-order valence-electron chi connectivity index (χ3n) is 3.87. The quantitative estimate of drug-likeness (QED) is 0.718. The number of nitrogens with one attached hydrogen (secondary N) is 1. The summed E-state index contributed by atoms with van der Waals surface area (Å²) in [6.07, 6.45) is 5.42. The Bertz CT molecular complexity index is 188. The molecule has 2 nitrogen and oxygen atoms in total. The number of likely N-dealkylation sites (tertiary alicyclic amines) is 1. The monoisotopic (exact) mass is 240 g/mol. The molecule has 0 amide bonds. The maximum Gasteiger partial charge on any atom is -0.00157 e. The molecule has 2 heteroatoms. The molecule has 102 valence electrons. The number of rotatable bonds is 6. The topological polar surface area (TPSA) is 15.3 Å². The van der Waals surface area contributed by atoms with Crippen LogP contribution < -0.4 is 5.32 Å². The van der Waals surface area contributed by atoms with Crippen molar-refractivity contribution in [3.63, 3.8) is 0 Å². The van der Waals surface area contributed by atoms with Crippen molar-refractivity contribution in [2.45, 2.75) is 53.4 Å². The molecule has 0 aromatic rings. The van der Waals surface area contributed by atoms with Crippen LogP contribution in [0.15, 0.2) is 0 Å². The van der Waals surface area contributed by atoms with Crippen LogP contribution in [0, 0.1) is 11.3 Å². The fraction of sp³-hybridized carbons (Fsp3) is 1.00. The zero-order valence-electron chi connectivity index (χ0n) is 12.4. The second-order valence-electron chi connectivity index (χ2n) is 6.75. The Labute approximate surface area is 108 Å². The molecule has 0 saturated carbocycles. The smallest absolute Gasteiger partial charge is 0.00157 e. The van der Waals surface area contributed by atoms with E-state index >= 15 is 0 Å². The Morgan fingerprint density at radius 3 is 2.35 bits per heavy atom. The first-order chi connectivity index (χ1) is 8.01. The largest absolute Gasteiger partial charge is 0.316 e. The summed E-state index contributed by atoms with van der Waals surface area (Å²) in [5, 5.41) is 3.64. The van der Waals surface area contributed by atoms with E-state index in [-0.39, 0.29) is 0 Å². The number of nitrogens with zero attached hydrogens (tertiary/aromatic N) is 1. The Balaban J connectivity index is 1.97. The van der Waals surface area contributed by atoms with Gasteiger partial charge >= 0.3 is 0 Å². The minimum absolute atomic E-state index is 0.494. The minimum Gasteiger partial charge on any atom is -0.316 e. The molecule has 0 unspecified atom stereocenters. The molecule has 1 N–H and O–H groups in total. The van der Waals surface area contributed by atoms with Crippen LogP contribution >= 0.6 is 0 Å². The molecule has 0 aromatic heterocycles. The van der Waals surface area contributed by atoms with E-state index < -0.39 is 0 Å². The summed E-state index contributed by atoms with van der Waals surface area (Å²) in [5.41, 5.74) is 0.494. The van der Waals surface area contributed by atoms with Crippen molar-refractivity contribution >= 4 is 0 Å². The van der Waals surface area contributed by atoms with Gasteiger partial charge in [0.25, 0.3) is 0 Å². The lowest BCUT2D eigenvalue weighted by molar-refractivity contribution is 0.190. The molecule has 0 bridgehead atoms. The average Bonchev–Trinajstić information content (AvgIpc) is 2.28. The van der Waals surface area contributed by atoms with Gasteiger partial charge < -0.3 is 10.2 Å². The van der Waals surface area contributed by atoms with E-state index in [2.05, 4.69) is 37.9 Å². The molecule has 0 aliphatic carbocycles. The van der Waals surface area contributed by atoms with Crippen LogP contribution in [0.4, 0.5) is 0 Å². The van der Waals surface area contributed by atoms with Gasteiger partial charge in [-0.25, -0.2) is 0 Å². The summed E-state index contributed by atoms with van der Waals surface area (Å²) in [5.74, 6) is 0.924. The van der Waals surface area contributed by atoms with Crippen LogP contribution in [0.1, 0.15) is 53.4 Å². The van der Waals surface area contributed by atoms with Crippen LogP contribution in [0.3, 0.4) is 0 Å². The number of hydrogen-bond acceptors (Lipinski definition) is 2. The van der Waals surface area contributed by atoms with Crippen LogP contribution in [-0.2, 0) is 0 Å². The van der Waals surface area contributed by atoms with Gasteiger partial charge in [-0.2, -0.15) is 0 Å². The lowest BCUT2D eigenvalue weighted by atomic mass is 9.90. The summed E-state index contributed by atoms with van der Waals surface area (Å²) >= 11 is 0. The normalized spacial score (nSPS) is 19.8. The Morgan fingerprint density at radius 1 is 1.18 bits per heavy atom. The van der Waals surface area contributed by atoms with Crippen LogP contribution in [0.25, 0.3) is 0 Å². The molecule has 0 aromatic carbocycles. The molecular weight excluding hydrogens is 208 g/mol. The van der Waals surface area contributed by atoms with E-state index in [1.165, 1.54) is 58.4 Å². The van der Waals surface area contributed by atoms with Gasteiger partial charge in [0.2, 0.25) is 0 Å². The van der Waals surface area contributed by atoms with Gasteiger partial charge in [0.1, 0.15) is 0 Å².